The Hall–Kier alpha value is -2.16. The number of hydrogen-bond acceptors (Lipinski definition) is 3. The van der Waals surface area contributed by atoms with Crippen molar-refractivity contribution in [1.82, 2.24) is 4.90 Å². The van der Waals surface area contributed by atoms with Gasteiger partial charge in [-0.25, -0.2) is 8.78 Å². The maximum absolute atomic E-state index is 14.1. The normalized spacial score (nSPS) is 15.2. The van der Waals surface area contributed by atoms with Crippen LogP contribution < -0.4 is 4.90 Å². The van der Waals surface area contributed by atoms with Crippen molar-refractivity contribution in [2.45, 2.75) is 12.4 Å². The smallest absolute Gasteiger partial charge is 0.147 e. The highest BCUT2D eigenvalue weighted by atomic mass is 35.5. The molecule has 0 spiro atoms. The van der Waals surface area contributed by atoms with Crippen LogP contribution in [0.5, 0.6) is 0 Å². The second-order valence-electron chi connectivity index (χ2n) is 6.10. The highest BCUT2D eigenvalue weighted by Crippen LogP contribution is 2.22. The summed E-state index contributed by atoms with van der Waals surface area (Å²) in [4.78, 5) is 4.19. The maximum Gasteiger partial charge on any atom is 0.147 e. The van der Waals surface area contributed by atoms with Crippen LogP contribution in [0.2, 0.25) is 0 Å². The van der Waals surface area contributed by atoms with Crippen LogP contribution in [0.1, 0.15) is 16.7 Å². The van der Waals surface area contributed by atoms with Crippen LogP contribution in [0.3, 0.4) is 0 Å². The summed E-state index contributed by atoms with van der Waals surface area (Å²) in [5.41, 5.74) is 2.26. The van der Waals surface area contributed by atoms with Crippen molar-refractivity contribution in [3.63, 3.8) is 0 Å². The Morgan fingerprint density at radius 1 is 1.00 bits per heavy atom. The Kier molecular flexibility index (Phi) is 5.52. The third-order valence-corrected chi connectivity index (χ3v) is 4.75. The third kappa shape index (κ3) is 4.09. The predicted octanol–water partition coefficient (Wildman–Crippen LogP) is 3.90. The van der Waals surface area contributed by atoms with Crippen LogP contribution in [-0.2, 0) is 12.4 Å². The van der Waals surface area contributed by atoms with Crippen LogP contribution in [0.4, 0.5) is 14.5 Å². The Labute approximate surface area is 151 Å². The van der Waals surface area contributed by atoms with E-state index >= 15 is 0 Å². The highest BCUT2D eigenvalue weighted by molar-refractivity contribution is 6.17. The van der Waals surface area contributed by atoms with Crippen LogP contribution in [0.15, 0.2) is 36.4 Å². The number of piperazine rings is 1. The number of nitriles is 1. The molecule has 1 aliphatic heterocycles. The molecule has 0 saturated carbocycles. The lowest BCUT2D eigenvalue weighted by atomic mass is 10.1. The first-order chi connectivity index (χ1) is 12.1. The van der Waals surface area contributed by atoms with E-state index in [1.165, 1.54) is 12.1 Å². The third-order valence-electron chi connectivity index (χ3n) is 4.46. The SMILES string of the molecule is N#Cc1ccc(N2CCN(Cc3ccc(CCl)c(F)c3)CC2)c(F)c1. The lowest BCUT2D eigenvalue weighted by Crippen LogP contribution is -2.46. The van der Waals surface area contributed by atoms with Gasteiger partial charge in [0.25, 0.3) is 0 Å². The Balaban J connectivity index is 1.60. The van der Waals surface area contributed by atoms with Gasteiger partial charge in [0.05, 0.1) is 23.2 Å². The van der Waals surface area contributed by atoms with Gasteiger partial charge in [0.2, 0.25) is 0 Å². The average molecular weight is 362 g/mol. The van der Waals surface area contributed by atoms with Crippen LogP contribution >= 0.6 is 11.6 Å². The molecule has 0 aliphatic carbocycles. The molecule has 2 aromatic rings. The van der Waals surface area contributed by atoms with Crippen molar-refractivity contribution in [2.24, 2.45) is 0 Å². The van der Waals surface area contributed by atoms with E-state index in [4.69, 9.17) is 16.9 Å². The standard InChI is InChI=1S/C19H18ClF2N3/c20-11-16-3-1-15(10-17(16)21)13-24-5-7-25(8-6-24)19-4-2-14(12-23)9-18(19)22/h1-4,9-10H,5-8,11,13H2. The molecule has 25 heavy (non-hydrogen) atoms. The van der Waals surface area contributed by atoms with E-state index in [1.807, 2.05) is 17.0 Å². The number of alkyl halides is 1. The number of benzene rings is 2. The number of nitrogens with zero attached hydrogens (tertiary/aromatic N) is 3. The number of halogens is 3. The molecule has 1 aliphatic rings. The number of rotatable bonds is 4. The summed E-state index contributed by atoms with van der Waals surface area (Å²) in [5, 5.41) is 8.82. The van der Waals surface area contributed by atoms with Gasteiger partial charge in [-0.3, -0.25) is 4.90 Å². The summed E-state index contributed by atoms with van der Waals surface area (Å²) in [6, 6.07) is 11.6. The van der Waals surface area contributed by atoms with Crippen molar-refractivity contribution >= 4 is 17.3 Å². The van der Waals surface area contributed by atoms with E-state index in [0.717, 1.165) is 18.7 Å². The molecule has 0 amide bonds. The van der Waals surface area contributed by atoms with Crippen molar-refractivity contribution in [3.05, 3.63) is 64.7 Å². The minimum Gasteiger partial charge on any atom is -0.367 e. The van der Waals surface area contributed by atoms with E-state index in [1.54, 1.807) is 18.2 Å². The minimum absolute atomic E-state index is 0.168. The quantitative estimate of drug-likeness (QED) is 0.774. The summed E-state index contributed by atoms with van der Waals surface area (Å²) in [7, 11) is 0. The zero-order chi connectivity index (χ0) is 17.8. The monoisotopic (exact) mass is 361 g/mol. The van der Waals surface area contributed by atoms with Crippen molar-refractivity contribution < 1.29 is 8.78 Å². The van der Waals surface area contributed by atoms with Gasteiger partial charge in [0.1, 0.15) is 11.6 Å². The predicted molar refractivity (Wildman–Crippen MR) is 94.6 cm³/mol. The van der Waals surface area contributed by atoms with Gasteiger partial charge in [-0.05, 0) is 29.8 Å². The Morgan fingerprint density at radius 3 is 2.36 bits per heavy atom. The molecule has 3 rings (SSSR count). The lowest BCUT2D eigenvalue weighted by molar-refractivity contribution is 0.249. The fraction of sp³-hybridized carbons (Fsp3) is 0.316. The minimum atomic E-state index is -0.369. The second-order valence-corrected chi connectivity index (χ2v) is 6.37. The van der Waals surface area contributed by atoms with Gasteiger partial charge >= 0.3 is 0 Å². The largest absolute Gasteiger partial charge is 0.367 e. The molecule has 0 N–H and O–H groups in total. The number of anilines is 1. The first kappa shape index (κ1) is 17.7. The molecule has 3 nitrogen and oxygen atoms in total. The molecular formula is C19H18ClF2N3. The molecule has 1 heterocycles. The molecule has 0 unspecified atom stereocenters. The van der Waals surface area contributed by atoms with E-state index in [9.17, 15) is 8.78 Å². The fourth-order valence-corrected chi connectivity index (χ4v) is 3.25. The van der Waals surface area contributed by atoms with E-state index in [-0.39, 0.29) is 17.5 Å². The summed E-state index contributed by atoms with van der Waals surface area (Å²) in [5.74, 6) is -0.474. The first-order valence-electron chi connectivity index (χ1n) is 8.11. The molecule has 6 heteroatoms. The average Bonchev–Trinajstić information content (AvgIpc) is 2.62. The Bertz CT molecular complexity index is 796. The first-order valence-corrected chi connectivity index (χ1v) is 8.64. The van der Waals surface area contributed by atoms with Gasteiger partial charge in [-0.1, -0.05) is 12.1 Å². The Morgan fingerprint density at radius 2 is 1.76 bits per heavy atom. The highest BCUT2D eigenvalue weighted by Gasteiger charge is 2.20. The molecule has 1 fully saturated rings. The summed E-state index contributed by atoms with van der Waals surface area (Å²) >= 11 is 5.68. The molecule has 130 valence electrons. The molecule has 1 saturated heterocycles. The van der Waals surface area contributed by atoms with E-state index in [2.05, 4.69) is 4.90 Å². The summed E-state index contributed by atoms with van der Waals surface area (Å²) in [6.07, 6.45) is 0. The van der Waals surface area contributed by atoms with Crippen LogP contribution in [0.25, 0.3) is 0 Å². The van der Waals surface area contributed by atoms with Gasteiger partial charge < -0.3 is 4.90 Å². The van der Waals surface area contributed by atoms with Crippen molar-refractivity contribution in [3.8, 4) is 6.07 Å². The van der Waals surface area contributed by atoms with E-state index < -0.39 is 0 Å². The van der Waals surface area contributed by atoms with Crippen molar-refractivity contribution in [1.29, 1.82) is 5.26 Å². The van der Waals surface area contributed by atoms with Crippen LogP contribution in [-0.4, -0.2) is 31.1 Å². The maximum atomic E-state index is 14.1. The molecule has 2 aromatic carbocycles. The van der Waals surface area contributed by atoms with Gasteiger partial charge in [-0.2, -0.15) is 5.26 Å². The van der Waals surface area contributed by atoms with Gasteiger partial charge in [-0.15, -0.1) is 11.6 Å². The molecule has 0 bridgehead atoms. The molecular weight excluding hydrogens is 344 g/mol. The lowest BCUT2D eigenvalue weighted by Gasteiger charge is -2.36. The fourth-order valence-electron chi connectivity index (χ4n) is 3.04. The molecule has 0 aromatic heterocycles. The zero-order valence-corrected chi connectivity index (χ0v) is 14.4. The van der Waals surface area contributed by atoms with Crippen LogP contribution in [0, 0.1) is 23.0 Å². The molecule has 0 radical (unpaired) electrons. The topological polar surface area (TPSA) is 30.3 Å². The van der Waals surface area contributed by atoms with Gasteiger partial charge in [0, 0.05) is 38.3 Å². The zero-order valence-electron chi connectivity index (χ0n) is 13.7. The summed E-state index contributed by atoms with van der Waals surface area (Å²) < 4.78 is 27.9. The molecule has 0 atom stereocenters. The number of hydrogen-bond donors (Lipinski definition) is 0. The summed E-state index contributed by atoms with van der Waals surface area (Å²) in [6.45, 7) is 3.55. The van der Waals surface area contributed by atoms with Crippen molar-refractivity contribution in [2.75, 3.05) is 31.1 Å². The van der Waals surface area contributed by atoms with Gasteiger partial charge in [0.15, 0.2) is 0 Å². The van der Waals surface area contributed by atoms with E-state index in [0.29, 0.717) is 36.4 Å². The second kappa shape index (κ2) is 7.81.